The lowest BCUT2D eigenvalue weighted by atomic mass is 10.2. The topological polar surface area (TPSA) is 57.2 Å². The summed E-state index contributed by atoms with van der Waals surface area (Å²) in [5, 5.41) is 0. The Hall–Kier alpha value is -0.350. The largest absolute Gasteiger partial charge is 0.748 e. The SMILES string of the molecule is C/C=C/CCCCS(=O)(=O)[O-]. The summed E-state index contributed by atoms with van der Waals surface area (Å²) in [5.41, 5.74) is 0. The molecule has 0 heterocycles. The minimum absolute atomic E-state index is 0.232. The van der Waals surface area contributed by atoms with Crippen molar-refractivity contribution in [2.75, 3.05) is 5.75 Å². The highest BCUT2D eigenvalue weighted by Crippen LogP contribution is 1.98. The van der Waals surface area contributed by atoms with Gasteiger partial charge in [0.05, 0.1) is 10.1 Å². The summed E-state index contributed by atoms with van der Waals surface area (Å²) >= 11 is 0. The van der Waals surface area contributed by atoms with E-state index in [2.05, 4.69) is 0 Å². The van der Waals surface area contributed by atoms with Crippen molar-refractivity contribution in [1.29, 1.82) is 0 Å². The van der Waals surface area contributed by atoms with Gasteiger partial charge in [0, 0.05) is 5.75 Å². The Morgan fingerprint density at radius 1 is 1.36 bits per heavy atom. The Morgan fingerprint density at radius 2 is 2.00 bits per heavy atom. The molecule has 11 heavy (non-hydrogen) atoms. The second kappa shape index (κ2) is 5.32. The highest BCUT2D eigenvalue weighted by atomic mass is 32.2. The van der Waals surface area contributed by atoms with E-state index in [9.17, 15) is 13.0 Å². The molecule has 0 aromatic rings. The molecule has 0 aliphatic carbocycles. The third-order valence-electron chi connectivity index (χ3n) is 1.25. The van der Waals surface area contributed by atoms with Crippen LogP contribution in [0.1, 0.15) is 26.2 Å². The van der Waals surface area contributed by atoms with Gasteiger partial charge < -0.3 is 4.55 Å². The fraction of sp³-hybridized carbons (Fsp3) is 0.714. The third kappa shape index (κ3) is 9.65. The van der Waals surface area contributed by atoms with Gasteiger partial charge in [-0.25, -0.2) is 8.42 Å². The molecule has 0 amide bonds. The zero-order valence-electron chi connectivity index (χ0n) is 6.62. The van der Waals surface area contributed by atoms with Crippen molar-refractivity contribution in [3.05, 3.63) is 12.2 Å². The Morgan fingerprint density at radius 3 is 2.45 bits per heavy atom. The van der Waals surface area contributed by atoms with Gasteiger partial charge in [-0.3, -0.25) is 0 Å². The minimum Gasteiger partial charge on any atom is -0.748 e. The highest BCUT2D eigenvalue weighted by Gasteiger charge is 1.93. The van der Waals surface area contributed by atoms with Gasteiger partial charge in [-0.1, -0.05) is 12.2 Å². The maximum absolute atomic E-state index is 10.1. The molecule has 0 fully saturated rings. The summed E-state index contributed by atoms with van der Waals surface area (Å²) in [4.78, 5) is 0. The molecule has 0 radical (unpaired) electrons. The fourth-order valence-electron chi connectivity index (χ4n) is 0.708. The molecule has 0 aromatic heterocycles. The maximum Gasteiger partial charge on any atom is 0.0945 e. The van der Waals surface area contributed by atoms with Gasteiger partial charge >= 0.3 is 0 Å². The first-order valence-corrected chi connectivity index (χ1v) is 5.18. The van der Waals surface area contributed by atoms with E-state index in [0.29, 0.717) is 6.42 Å². The van der Waals surface area contributed by atoms with Crippen molar-refractivity contribution in [3.63, 3.8) is 0 Å². The van der Waals surface area contributed by atoms with Crippen LogP contribution >= 0.6 is 0 Å². The van der Waals surface area contributed by atoms with E-state index in [1.165, 1.54) is 0 Å². The third-order valence-corrected chi connectivity index (χ3v) is 2.04. The number of hydrogen-bond donors (Lipinski definition) is 0. The zero-order valence-corrected chi connectivity index (χ0v) is 7.43. The summed E-state index contributed by atoms with van der Waals surface area (Å²) < 4.78 is 30.3. The normalized spacial score (nSPS) is 12.5. The average Bonchev–Trinajstić information content (AvgIpc) is 1.85. The van der Waals surface area contributed by atoms with Crippen molar-refractivity contribution < 1.29 is 13.0 Å². The fourth-order valence-corrected chi connectivity index (χ4v) is 1.27. The van der Waals surface area contributed by atoms with Crippen molar-refractivity contribution in [2.45, 2.75) is 26.2 Å². The average molecular weight is 177 g/mol. The lowest BCUT2D eigenvalue weighted by Gasteiger charge is -2.04. The molecule has 0 atom stereocenters. The number of allylic oxidation sites excluding steroid dienone is 2. The monoisotopic (exact) mass is 177 g/mol. The lowest BCUT2D eigenvalue weighted by Crippen LogP contribution is -2.03. The first-order chi connectivity index (χ1) is 5.06. The molecule has 0 unspecified atom stereocenters. The van der Waals surface area contributed by atoms with E-state index in [-0.39, 0.29) is 5.75 Å². The van der Waals surface area contributed by atoms with Gasteiger partial charge in [-0.05, 0) is 26.2 Å². The molecule has 0 N–H and O–H groups in total. The summed E-state index contributed by atoms with van der Waals surface area (Å²) in [6, 6.07) is 0. The van der Waals surface area contributed by atoms with Gasteiger partial charge in [-0.15, -0.1) is 0 Å². The first-order valence-electron chi connectivity index (χ1n) is 3.61. The van der Waals surface area contributed by atoms with Crippen LogP contribution in [0.5, 0.6) is 0 Å². The summed E-state index contributed by atoms with van der Waals surface area (Å²) in [7, 11) is -3.99. The molecule has 0 bridgehead atoms. The van der Waals surface area contributed by atoms with Crippen molar-refractivity contribution in [2.24, 2.45) is 0 Å². The Bertz CT molecular complexity index is 204. The van der Waals surface area contributed by atoms with E-state index in [4.69, 9.17) is 0 Å². The van der Waals surface area contributed by atoms with E-state index < -0.39 is 10.1 Å². The van der Waals surface area contributed by atoms with E-state index in [1.54, 1.807) is 0 Å². The molecular formula is C7H13O3S-. The number of rotatable bonds is 5. The summed E-state index contributed by atoms with van der Waals surface area (Å²) in [6.45, 7) is 1.91. The van der Waals surface area contributed by atoms with E-state index in [0.717, 1.165) is 12.8 Å². The van der Waals surface area contributed by atoms with Gasteiger partial charge in [-0.2, -0.15) is 0 Å². The minimum atomic E-state index is -3.99. The smallest absolute Gasteiger partial charge is 0.0945 e. The molecule has 0 saturated heterocycles. The second-order valence-electron chi connectivity index (χ2n) is 2.33. The van der Waals surface area contributed by atoms with Crippen molar-refractivity contribution >= 4 is 10.1 Å². The molecule has 4 heteroatoms. The van der Waals surface area contributed by atoms with Crippen LogP contribution in [-0.2, 0) is 10.1 Å². The Kier molecular flexibility index (Phi) is 5.15. The zero-order chi connectivity index (χ0) is 8.74. The molecule has 0 spiro atoms. The predicted molar refractivity (Wildman–Crippen MR) is 43.2 cm³/mol. The second-order valence-corrected chi connectivity index (χ2v) is 3.85. The van der Waals surface area contributed by atoms with Gasteiger partial charge in [0.1, 0.15) is 0 Å². The molecule has 0 aromatic carbocycles. The van der Waals surface area contributed by atoms with Gasteiger partial charge in [0.2, 0.25) is 0 Å². The van der Waals surface area contributed by atoms with Crippen LogP contribution in [0.2, 0.25) is 0 Å². The molecule has 0 rings (SSSR count). The van der Waals surface area contributed by atoms with Crippen LogP contribution in [0.4, 0.5) is 0 Å². The highest BCUT2D eigenvalue weighted by molar-refractivity contribution is 7.85. The number of unbranched alkanes of at least 4 members (excludes halogenated alkanes) is 2. The molecule has 0 saturated carbocycles. The molecule has 3 nitrogen and oxygen atoms in total. The Labute approximate surface area is 67.9 Å². The summed E-state index contributed by atoms with van der Waals surface area (Å²) in [5.74, 6) is -0.232. The predicted octanol–water partition coefficient (Wildman–Crippen LogP) is 1.28. The van der Waals surface area contributed by atoms with Crippen LogP contribution in [0.15, 0.2) is 12.2 Å². The molecule has 0 aliphatic rings. The lowest BCUT2D eigenvalue weighted by molar-refractivity contribution is 0.460. The van der Waals surface area contributed by atoms with Crippen molar-refractivity contribution in [1.82, 2.24) is 0 Å². The molecule has 0 aliphatic heterocycles. The maximum atomic E-state index is 10.1. The summed E-state index contributed by atoms with van der Waals surface area (Å²) in [6.07, 6.45) is 5.96. The standard InChI is InChI=1S/C7H14O3S/c1-2-3-4-5-6-7-11(8,9)10/h2-3H,4-7H2,1H3,(H,8,9,10)/p-1/b3-2+. The number of hydrogen-bond acceptors (Lipinski definition) is 3. The van der Waals surface area contributed by atoms with Crippen LogP contribution in [0.25, 0.3) is 0 Å². The van der Waals surface area contributed by atoms with Crippen LogP contribution in [-0.4, -0.2) is 18.7 Å². The Balaban J connectivity index is 3.29. The van der Waals surface area contributed by atoms with Gasteiger partial charge in [0.15, 0.2) is 0 Å². The van der Waals surface area contributed by atoms with Crippen LogP contribution < -0.4 is 0 Å². The van der Waals surface area contributed by atoms with Gasteiger partial charge in [0.25, 0.3) is 0 Å². The van der Waals surface area contributed by atoms with Crippen LogP contribution in [0, 0.1) is 0 Å². The first kappa shape index (κ1) is 10.7. The quantitative estimate of drug-likeness (QED) is 0.361. The van der Waals surface area contributed by atoms with Crippen LogP contribution in [0.3, 0.4) is 0 Å². The molecular weight excluding hydrogens is 164 g/mol. The van der Waals surface area contributed by atoms with E-state index in [1.807, 2.05) is 19.1 Å². The van der Waals surface area contributed by atoms with E-state index >= 15 is 0 Å². The molecule has 66 valence electrons. The van der Waals surface area contributed by atoms with Crippen molar-refractivity contribution in [3.8, 4) is 0 Å².